The summed E-state index contributed by atoms with van der Waals surface area (Å²) >= 11 is 0. The number of aromatic nitrogens is 2. The van der Waals surface area contributed by atoms with E-state index in [9.17, 15) is 0 Å². The van der Waals surface area contributed by atoms with Gasteiger partial charge in [-0.1, -0.05) is 84.0 Å². The Balaban J connectivity index is 1.81. The Labute approximate surface area is 211 Å². The van der Waals surface area contributed by atoms with E-state index in [4.69, 9.17) is 4.98 Å². The van der Waals surface area contributed by atoms with E-state index in [0.717, 1.165) is 11.9 Å². The van der Waals surface area contributed by atoms with Crippen molar-refractivity contribution in [3.63, 3.8) is 0 Å². The van der Waals surface area contributed by atoms with Gasteiger partial charge in [0.25, 0.3) is 0 Å². The second-order valence-corrected chi connectivity index (χ2v) is 12.8. The molecule has 0 atom stereocenters. The van der Waals surface area contributed by atoms with Gasteiger partial charge in [0.05, 0.1) is 22.1 Å². The SMILES string of the molecule is CC(C)(C)Cc1ccc2c(c1)c1ccc3ccnc4c5cc6ccccc6c(C(C)(C)C)c5n2c1c34. The lowest BCUT2D eigenvalue weighted by Crippen LogP contribution is -2.14. The summed E-state index contributed by atoms with van der Waals surface area (Å²) in [6, 6.07) is 25.1. The lowest BCUT2D eigenvalue weighted by atomic mass is 9.81. The van der Waals surface area contributed by atoms with E-state index >= 15 is 0 Å². The lowest BCUT2D eigenvalue weighted by Gasteiger charge is -2.26. The minimum Gasteiger partial charge on any atom is -0.308 e. The molecule has 0 aliphatic heterocycles. The minimum atomic E-state index is -0.0414. The highest BCUT2D eigenvalue weighted by Gasteiger charge is 2.27. The Morgan fingerprint density at radius 1 is 0.694 bits per heavy atom. The maximum atomic E-state index is 5.01. The summed E-state index contributed by atoms with van der Waals surface area (Å²) in [5, 5.41) is 9.02. The van der Waals surface area contributed by atoms with Crippen LogP contribution in [0.1, 0.15) is 52.7 Å². The molecule has 36 heavy (non-hydrogen) atoms. The molecule has 0 radical (unpaired) electrons. The van der Waals surface area contributed by atoms with Crippen LogP contribution in [-0.4, -0.2) is 9.38 Å². The van der Waals surface area contributed by atoms with E-state index in [0.29, 0.717) is 0 Å². The van der Waals surface area contributed by atoms with Crippen molar-refractivity contribution < 1.29 is 0 Å². The largest absolute Gasteiger partial charge is 0.308 e. The Hall–Kier alpha value is -3.65. The van der Waals surface area contributed by atoms with Gasteiger partial charge < -0.3 is 4.40 Å². The van der Waals surface area contributed by atoms with Crippen LogP contribution >= 0.6 is 0 Å². The Morgan fingerprint density at radius 2 is 1.50 bits per heavy atom. The number of nitrogens with zero attached hydrogens (tertiary/aromatic N) is 2. The number of benzene rings is 4. The van der Waals surface area contributed by atoms with Gasteiger partial charge in [-0.25, -0.2) is 0 Å². The van der Waals surface area contributed by atoms with Gasteiger partial charge in [-0.2, -0.15) is 0 Å². The van der Waals surface area contributed by atoms with Crippen LogP contribution in [0.4, 0.5) is 0 Å². The number of hydrogen-bond donors (Lipinski definition) is 0. The monoisotopic (exact) mass is 468 g/mol. The molecule has 0 N–H and O–H groups in total. The first kappa shape index (κ1) is 21.6. The van der Waals surface area contributed by atoms with E-state index in [1.54, 1.807) is 0 Å². The van der Waals surface area contributed by atoms with Gasteiger partial charge in [0.1, 0.15) is 0 Å². The molecule has 2 nitrogen and oxygen atoms in total. The molecule has 3 heterocycles. The van der Waals surface area contributed by atoms with E-state index in [1.807, 2.05) is 6.20 Å². The fourth-order valence-electron chi connectivity index (χ4n) is 6.48. The first-order valence-electron chi connectivity index (χ1n) is 13.0. The van der Waals surface area contributed by atoms with Crippen LogP contribution < -0.4 is 0 Å². The summed E-state index contributed by atoms with van der Waals surface area (Å²) in [6.07, 6.45) is 3.03. The van der Waals surface area contributed by atoms with Gasteiger partial charge in [-0.3, -0.25) is 4.98 Å². The van der Waals surface area contributed by atoms with Crippen LogP contribution in [0.3, 0.4) is 0 Å². The van der Waals surface area contributed by atoms with Crippen molar-refractivity contribution in [3.05, 3.63) is 84.1 Å². The highest BCUT2D eigenvalue weighted by Crippen LogP contribution is 2.45. The average molecular weight is 469 g/mol. The zero-order chi connectivity index (χ0) is 25.0. The molecule has 0 saturated carbocycles. The quantitative estimate of drug-likeness (QED) is 0.173. The minimum absolute atomic E-state index is 0.0414. The first-order valence-corrected chi connectivity index (χ1v) is 13.0. The Kier molecular flexibility index (Phi) is 4.19. The third kappa shape index (κ3) is 2.94. The third-order valence-electron chi connectivity index (χ3n) is 7.71. The molecule has 0 unspecified atom stereocenters. The Bertz CT molecular complexity index is 1970. The zero-order valence-corrected chi connectivity index (χ0v) is 22.0. The molecule has 7 aromatic rings. The molecule has 7 rings (SSSR count). The molecule has 0 fully saturated rings. The van der Waals surface area contributed by atoms with Crippen molar-refractivity contribution in [3.8, 4) is 0 Å². The number of hydrogen-bond acceptors (Lipinski definition) is 1. The number of pyridine rings is 2. The highest BCUT2D eigenvalue weighted by atomic mass is 14.9. The normalized spacial score (nSPS) is 13.4. The Morgan fingerprint density at radius 3 is 2.28 bits per heavy atom. The van der Waals surface area contributed by atoms with Gasteiger partial charge in [-0.15, -0.1) is 0 Å². The molecule has 0 spiro atoms. The maximum absolute atomic E-state index is 5.01. The molecule has 4 aromatic carbocycles. The van der Waals surface area contributed by atoms with Crippen molar-refractivity contribution in [1.82, 2.24) is 9.38 Å². The molecule has 2 heteroatoms. The third-order valence-corrected chi connectivity index (χ3v) is 7.71. The van der Waals surface area contributed by atoms with Crippen molar-refractivity contribution in [1.29, 1.82) is 0 Å². The van der Waals surface area contributed by atoms with Gasteiger partial charge in [0.2, 0.25) is 0 Å². The summed E-state index contributed by atoms with van der Waals surface area (Å²) in [5.41, 5.74) is 7.97. The molecule has 0 aliphatic carbocycles. The van der Waals surface area contributed by atoms with Crippen LogP contribution in [0.5, 0.6) is 0 Å². The topological polar surface area (TPSA) is 17.3 Å². The summed E-state index contributed by atoms with van der Waals surface area (Å²) < 4.78 is 2.56. The average Bonchev–Trinajstić information content (AvgIpc) is 3.15. The second kappa shape index (κ2) is 6.97. The predicted molar refractivity (Wildman–Crippen MR) is 156 cm³/mol. The summed E-state index contributed by atoms with van der Waals surface area (Å²) in [7, 11) is 0. The summed E-state index contributed by atoms with van der Waals surface area (Å²) in [4.78, 5) is 5.01. The van der Waals surface area contributed by atoms with Crippen LogP contribution in [0.25, 0.3) is 59.8 Å². The predicted octanol–water partition coefficient (Wildman–Crippen LogP) is 9.42. The van der Waals surface area contributed by atoms with Crippen LogP contribution in [-0.2, 0) is 11.8 Å². The van der Waals surface area contributed by atoms with Crippen molar-refractivity contribution in [2.24, 2.45) is 5.41 Å². The summed E-state index contributed by atoms with van der Waals surface area (Å²) in [5.74, 6) is 0. The highest BCUT2D eigenvalue weighted by molar-refractivity contribution is 6.29. The van der Waals surface area contributed by atoms with E-state index in [-0.39, 0.29) is 10.8 Å². The number of fused-ring (bicyclic) bond motifs is 7. The second-order valence-electron chi connectivity index (χ2n) is 12.8. The molecule has 0 bridgehead atoms. The van der Waals surface area contributed by atoms with Gasteiger partial charge in [0, 0.05) is 27.7 Å². The molecule has 0 amide bonds. The fraction of sp³-hybridized carbons (Fsp3) is 0.265. The van der Waals surface area contributed by atoms with Crippen LogP contribution in [0, 0.1) is 5.41 Å². The first-order chi connectivity index (χ1) is 17.1. The zero-order valence-electron chi connectivity index (χ0n) is 22.0. The number of rotatable bonds is 1. The van der Waals surface area contributed by atoms with E-state index in [1.165, 1.54) is 65.4 Å². The lowest BCUT2D eigenvalue weighted by molar-refractivity contribution is 0.411. The standard InChI is InChI=1S/C34H32N2/c1-33(2,3)19-20-11-14-27-25(17-20)24-13-12-21-15-16-35-30-26-18-22-9-7-8-10-23(22)29(34(4,5)6)32(26)36(27)31(24)28(21)30/h7-18H,19H2,1-6H3. The van der Waals surface area contributed by atoms with Gasteiger partial charge in [-0.05, 0) is 68.8 Å². The molecule has 0 aliphatic rings. The maximum Gasteiger partial charge on any atom is 0.0823 e. The van der Waals surface area contributed by atoms with E-state index < -0.39 is 0 Å². The van der Waals surface area contributed by atoms with Crippen molar-refractivity contribution in [2.45, 2.75) is 53.4 Å². The van der Waals surface area contributed by atoms with Gasteiger partial charge in [0.15, 0.2) is 0 Å². The van der Waals surface area contributed by atoms with Gasteiger partial charge >= 0.3 is 0 Å². The van der Waals surface area contributed by atoms with Crippen molar-refractivity contribution in [2.75, 3.05) is 0 Å². The summed E-state index contributed by atoms with van der Waals surface area (Å²) in [6.45, 7) is 14.0. The molecule has 0 saturated heterocycles. The van der Waals surface area contributed by atoms with Crippen molar-refractivity contribution >= 4 is 59.8 Å². The smallest absolute Gasteiger partial charge is 0.0823 e. The fourth-order valence-corrected chi connectivity index (χ4v) is 6.48. The molecule has 3 aromatic heterocycles. The van der Waals surface area contributed by atoms with Crippen LogP contribution in [0.15, 0.2) is 72.9 Å². The molecular formula is C34H32N2. The molecule has 178 valence electrons. The van der Waals surface area contributed by atoms with Crippen LogP contribution in [0.2, 0.25) is 0 Å². The molecular weight excluding hydrogens is 436 g/mol. The van der Waals surface area contributed by atoms with E-state index in [2.05, 4.69) is 113 Å².